The Hall–Kier alpha value is -1.78. The SMILES string of the molecule is CCCN(CCC)c1cc(N)nc(C(=O)N2CCCCC2)c1. The number of hydrogen-bond acceptors (Lipinski definition) is 4. The summed E-state index contributed by atoms with van der Waals surface area (Å²) in [5.41, 5.74) is 7.44. The first kappa shape index (κ1) is 16.6. The molecule has 5 heteroatoms. The minimum absolute atomic E-state index is 0.0150. The highest BCUT2D eigenvalue weighted by Crippen LogP contribution is 2.21. The van der Waals surface area contributed by atoms with Crippen molar-refractivity contribution >= 4 is 17.4 Å². The molecule has 0 unspecified atom stereocenters. The van der Waals surface area contributed by atoms with Crippen molar-refractivity contribution in [2.75, 3.05) is 36.8 Å². The number of amides is 1. The van der Waals surface area contributed by atoms with Crippen LogP contribution >= 0.6 is 0 Å². The Morgan fingerprint density at radius 1 is 1.18 bits per heavy atom. The number of hydrogen-bond donors (Lipinski definition) is 1. The number of carbonyl (C=O) groups excluding carboxylic acids is 1. The smallest absolute Gasteiger partial charge is 0.272 e. The van der Waals surface area contributed by atoms with Crippen LogP contribution in [0.5, 0.6) is 0 Å². The summed E-state index contributed by atoms with van der Waals surface area (Å²) >= 11 is 0. The number of anilines is 2. The molecule has 0 atom stereocenters. The number of piperidine rings is 1. The van der Waals surface area contributed by atoms with Crippen LogP contribution in [0.3, 0.4) is 0 Å². The van der Waals surface area contributed by atoms with Gasteiger partial charge < -0.3 is 15.5 Å². The Morgan fingerprint density at radius 3 is 2.41 bits per heavy atom. The molecule has 1 aliphatic rings. The van der Waals surface area contributed by atoms with Crippen molar-refractivity contribution in [2.45, 2.75) is 46.0 Å². The van der Waals surface area contributed by atoms with Crippen molar-refractivity contribution in [3.05, 3.63) is 17.8 Å². The van der Waals surface area contributed by atoms with Gasteiger partial charge in [-0.1, -0.05) is 13.8 Å². The Balaban J connectivity index is 2.22. The number of nitrogens with zero attached hydrogens (tertiary/aromatic N) is 3. The molecule has 1 amide bonds. The van der Waals surface area contributed by atoms with Crippen LogP contribution in [0.1, 0.15) is 56.4 Å². The zero-order chi connectivity index (χ0) is 15.9. The fourth-order valence-corrected chi connectivity index (χ4v) is 3.00. The van der Waals surface area contributed by atoms with E-state index in [0.717, 1.165) is 57.5 Å². The van der Waals surface area contributed by atoms with Crippen LogP contribution in [0.15, 0.2) is 12.1 Å². The lowest BCUT2D eigenvalue weighted by atomic mass is 10.1. The minimum Gasteiger partial charge on any atom is -0.384 e. The van der Waals surface area contributed by atoms with E-state index in [-0.39, 0.29) is 5.91 Å². The molecule has 2 heterocycles. The molecule has 2 rings (SSSR count). The minimum atomic E-state index is 0.0150. The topological polar surface area (TPSA) is 62.5 Å². The Bertz CT molecular complexity index is 491. The van der Waals surface area contributed by atoms with E-state index in [9.17, 15) is 4.79 Å². The summed E-state index contributed by atoms with van der Waals surface area (Å²) in [6, 6.07) is 3.77. The van der Waals surface area contributed by atoms with Crippen molar-refractivity contribution in [3.63, 3.8) is 0 Å². The molecule has 22 heavy (non-hydrogen) atoms. The lowest BCUT2D eigenvalue weighted by molar-refractivity contribution is 0.0718. The molecule has 1 aromatic rings. The summed E-state index contributed by atoms with van der Waals surface area (Å²) in [5.74, 6) is 0.441. The molecule has 0 aromatic carbocycles. The molecule has 1 saturated heterocycles. The van der Waals surface area contributed by atoms with Crippen LogP contribution in [0.2, 0.25) is 0 Å². The van der Waals surface area contributed by atoms with Crippen molar-refractivity contribution in [1.82, 2.24) is 9.88 Å². The van der Waals surface area contributed by atoms with Crippen molar-refractivity contribution in [1.29, 1.82) is 0 Å². The molecular weight excluding hydrogens is 276 g/mol. The molecule has 1 aromatic heterocycles. The maximum Gasteiger partial charge on any atom is 0.272 e. The van der Waals surface area contributed by atoms with E-state index in [2.05, 4.69) is 23.7 Å². The first-order valence-electron chi connectivity index (χ1n) is 8.47. The van der Waals surface area contributed by atoms with Gasteiger partial charge in [-0.15, -0.1) is 0 Å². The number of rotatable bonds is 6. The summed E-state index contributed by atoms with van der Waals surface area (Å²) in [6.45, 7) is 7.92. The van der Waals surface area contributed by atoms with Gasteiger partial charge in [0.1, 0.15) is 11.5 Å². The van der Waals surface area contributed by atoms with Gasteiger partial charge >= 0.3 is 0 Å². The molecule has 1 fully saturated rings. The summed E-state index contributed by atoms with van der Waals surface area (Å²) in [7, 11) is 0. The van der Waals surface area contributed by atoms with Crippen molar-refractivity contribution in [2.24, 2.45) is 0 Å². The van der Waals surface area contributed by atoms with E-state index < -0.39 is 0 Å². The fourth-order valence-electron chi connectivity index (χ4n) is 3.00. The second kappa shape index (κ2) is 8.01. The van der Waals surface area contributed by atoms with Crippen molar-refractivity contribution < 1.29 is 4.79 Å². The van der Waals surface area contributed by atoms with Crippen LogP contribution in [0.4, 0.5) is 11.5 Å². The summed E-state index contributed by atoms with van der Waals surface area (Å²) in [5, 5.41) is 0. The van der Waals surface area contributed by atoms with Crippen LogP contribution in [0, 0.1) is 0 Å². The van der Waals surface area contributed by atoms with E-state index in [1.54, 1.807) is 0 Å². The summed E-state index contributed by atoms with van der Waals surface area (Å²) < 4.78 is 0. The molecule has 2 N–H and O–H groups in total. The molecule has 0 bridgehead atoms. The molecule has 0 radical (unpaired) electrons. The normalized spacial score (nSPS) is 14.9. The zero-order valence-corrected chi connectivity index (χ0v) is 13.8. The molecule has 0 spiro atoms. The maximum absolute atomic E-state index is 12.6. The second-order valence-corrected chi connectivity index (χ2v) is 5.98. The molecule has 0 aliphatic carbocycles. The average Bonchev–Trinajstić information content (AvgIpc) is 2.54. The molecule has 1 aliphatic heterocycles. The van der Waals surface area contributed by atoms with Gasteiger partial charge in [-0.2, -0.15) is 0 Å². The first-order valence-corrected chi connectivity index (χ1v) is 8.47. The van der Waals surface area contributed by atoms with Gasteiger partial charge in [0.25, 0.3) is 5.91 Å². The average molecular weight is 304 g/mol. The Kier molecular flexibility index (Phi) is 6.04. The number of carbonyl (C=O) groups is 1. The quantitative estimate of drug-likeness (QED) is 0.877. The van der Waals surface area contributed by atoms with Gasteiger partial charge in [0.05, 0.1) is 0 Å². The van der Waals surface area contributed by atoms with Gasteiger partial charge in [-0.3, -0.25) is 4.79 Å². The number of likely N-dealkylation sites (tertiary alicyclic amines) is 1. The molecule has 5 nitrogen and oxygen atoms in total. The third kappa shape index (κ3) is 4.12. The number of pyridine rings is 1. The van der Waals surface area contributed by atoms with E-state index in [4.69, 9.17) is 5.73 Å². The molecular formula is C17H28N4O. The standard InChI is InChI=1S/C17H28N4O/c1-3-8-20(9-4-2)14-12-15(19-16(18)13-14)17(22)21-10-6-5-7-11-21/h12-13H,3-11H2,1-2H3,(H2,18,19). The van der Waals surface area contributed by atoms with E-state index in [0.29, 0.717) is 11.5 Å². The number of nitrogen functional groups attached to an aromatic ring is 1. The van der Waals surface area contributed by atoms with Gasteiger partial charge in [0.2, 0.25) is 0 Å². The highest BCUT2D eigenvalue weighted by atomic mass is 16.2. The number of nitrogens with two attached hydrogens (primary N) is 1. The van der Waals surface area contributed by atoms with Crippen LogP contribution in [-0.2, 0) is 0 Å². The Labute approximate surface area is 133 Å². The van der Waals surface area contributed by atoms with Crippen molar-refractivity contribution in [3.8, 4) is 0 Å². The second-order valence-electron chi connectivity index (χ2n) is 5.98. The summed E-state index contributed by atoms with van der Waals surface area (Å²) in [6.07, 6.45) is 5.51. The van der Waals surface area contributed by atoms with Gasteiger partial charge in [0, 0.05) is 37.9 Å². The third-order valence-electron chi connectivity index (χ3n) is 4.04. The van der Waals surface area contributed by atoms with E-state index in [1.165, 1.54) is 6.42 Å². The van der Waals surface area contributed by atoms with Gasteiger partial charge in [-0.05, 0) is 38.2 Å². The zero-order valence-electron chi connectivity index (χ0n) is 13.8. The van der Waals surface area contributed by atoms with Crippen LogP contribution < -0.4 is 10.6 Å². The first-order chi connectivity index (χ1) is 10.7. The lowest BCUT2D eigenvalue weighted by Crippen LogP contribution is -2.36. The predicted molar refractivity (Wildman–Crippen MR) is 91.2 cm³/mol. The van der Waals surface area contributed by atoms with E-state index in [1.807, 2.05) is 17.0 Å². The van der Waals surface area contributed by atoms with Gasteiger partial charge in [0.15, 0.2) is 0 Å². The molecule has 0 saturated carbocycles. The number of aromatic nitrogens is 1. The van der Waals surface area contributed by atoms with Gasteiger partial charge in [-0.25, -0.2) is 4.98 Å². The highest BCUT2D eigenvalue weighted by Gasteiger charge is 2.20. The van der Waals surface area contributed by atoms with Crippen LogP contribution in [0.25, 0.3) is 0 Å². The summed E-state index contributed by atoms with van der Waals surface area (Å²) in [4.78, 5) is 21.1. The maximum atomic E-state index is 12.6. The molecule has 122 valence electrons. The highest BCUT2D eigenvalue weighted by molar-refractivity contribution is 5.93. The predicted octanol–water partition coefficient (Wildman–Crippen LogP) is 2.92. The fraction of sp³-hybridized carbons (Fsp3) is 0.647. The Morgan fingerprint density at radius 2 is 1.82 bits per heavy atom. The van der Waals surface area contributed by atoms with Crippen LogP contribution in [-0.4, -0.2) is 42.0 Å². The monoisotopic (exact) mass is 304 g/mol. The van der Waals surface area contributed by atoms with E-state index >= 15 is 0 Å². The third-order valence-corrected chi connectivity index (χ3v) is 4.04. The largest absolute Gasteiger partial charge is 0.384 e. The lowest BCUT2D eigenvalue weighted by Gasteiger charge is -2.28.